The maximum Gasteiger partial charge on any atom is 0.158 e. The third-order valence-corrected chi connectivity index (χ3v) is 2.34. The van der Waals surface area contributed by atoms with Crippen molar-refractivity contribution in [3.05, 3.63) is 18.5 Å². The van der Waals surface area contributed by atoms with Crippen LogP contribution >= 0.6 is 0 Å². The van der Waals surface area contributed by atoms with Crippen LogP contribution in [0.5, 0.6) is 0 Å². The van der Waals surface area contributed by atoms with E-state index in [1.165, 1.54) is 0 Å². The molecule has 0 radical (unpaired) electrons. The van der Waals surface area contributed by atoms with Gasteiger partial charge in [-0.1, -0.05) is 0 Å². The van der Waals surface area contributed by atoms with Crippen LogP contribution in [0.2, 0.25) is 0 Å². The Morgan fingerprint density at radius 2 is 2.00 bits per heavy atom. The van der Waals surface area contributed by atoms with Crippen molar-refractivity contribution in [3.63, 3.8) is 0 Å². The predicted molar refractivity (Wildman–Crippen MR) is 66.8 cm³/mol. The molecule has 0 aromatic carbocycles. The third-order valence-electron chi connectivity index (χ3n) is 2.34. The number of ether oxygens (including phenoxy) is 2. The average Bonchev–Trinajstić information content (AvgIpc) is 2.82. The van der Waals surface area contributed by atoms with E-state index in [0.717, 1.165) is 26.1 Å². The second-order valence-electron chi connectivity index (χ2n) is 3.65. The van der Waals surface area contributed by atoms with Crippen LogP contribution in [0.3, 0.4) is 0 Å². The molecule has 0 aliphatic carbocycles. The summed E-state index contributed by atoms with van der Waals surface area (Å²) in [6.07, 6.45) is 4.55. The Labute approximate surface area is 103 Å². The first-order valence-corrected chi connectivity index (χ1v) is 6.28. The second kappa shape index (κ2) is 9.15. The topological polar surface area (TPSA) is 48.3 Å². The van der Waals surface area contributed by atoms with Crippen LogP contribution in [0.4, 0.5) is 0 Å². The van der Waals surface area contributed by atoms with Gasteiger partial charge in [0.1, 0.15) is 0 Å². The van der Waals surface area contributed by atoms with Gasteiger partial charge >= 0.3 is 0 Å². The van der Waals surface area contributed by atoms with Crippen LogP contribution in [0.1, 0.15) is 20.3 Å². The monoisotopic (exact) mass is 241 g/mol. The second-order valence-corrected chi connectivity index (χ2v) is 3.65. The fourth-order valence-electron chi connectivity index (χ4n) is 1.56. The van der Waals surface area contributed by atoms with Crippen molar-refractivity contribution >= 4 is 0 Å². The summed E-state index contributed by atoms with van der Waals surface area (Å²) in [6.45, 7) is 8.05. The van der Waals surface area contributed by atoms with Crippen LogP contribution in [0, 0.1) is 0 Å². The molecule has 0 atom stereocenters. The van der Waals surface area contributed by atoms with Crippen molar-refractivity contribution in [1.82, 2.24) is 15.1 Å². The lowest BCUT2D eigenvalue weighted by Gasteiger charge is -2.16. The molecule has 0 saturated heterocycles. The highest BCUT2D eigenvalue weighted by Gasteiger charge is 2.06. The Morgan fingerprint density at radius 1 is 1.24 bits per heavy atom. The van der Waals surface area contributed by atoms with E-state index in [9.17, 15) is 0 Å². The molecule has 0 aliphatic heterocycles. The van der Waals surface area contributed by atoms with E-state index >= 15 is 0 Å². The number of aromatic nitrogens is 2. The molecule has 1 rings (SSSR count). The highest BCUT2D eigenvalue weighted by Crippen LogP contribution is 1.99. The fraction of sp³-hybridized carbons (Fsp3) is 0.750. The lowest BCUT2D eigenvalue weighted by molar-refractivity contribution is -0.138. The molecule has 1 heterocycles. The molecule has 0 amide bonds. The van der Waals surface area contributed by atoms with Gasteiger partial charge in [0.25, 0.3) is 0 Å². The van der Waals surface area contributed by atoms with E-state index < -0.39 is 0 Å². The minimum absolute atomic E-state index is 0.0813. The molecule has 1 aromatic rings. The zero-order chi connectivity index (χ0) is 12.3. The van der Waals surface area contributed by atoms with Gasteiger partial charge < -0.3 is 14.8 Å². The Bertz CT molecular complexity index is 259. The van der Waals surface area contributed by atoms with Crippen LogP contribution in [0.25, 0.3) is 0 Å². The van der Waals surface area contributed by atoms with Crippen molar-refractivity contribution in [1.29, 1.82) is 0 Å². The average molecular weight is 241 g/mol. The van der Waals surface area contributed by atoms with E-state index in [1.807, 2.05) is 30.8 Å². The summed E-state index contributed by atoms with van der Waals surface area (Å²) in [7, 11) is 0. The Balaban J connectivity index is 2.01. The van der Waals surface area contributed by atoms with E-state index in [2.05, 4.69) is 10.4 Å². The van der Waals surface area contributed by atoms with E-state index in [-0.39, 0.29) is 6.29 Å². The first kappa shape index (κ1) is 14.2. The molecule has 0 saturated carbocycles. The Hall–Kier alpha value is -0.910. The van der Waals surface area contributed by atoms with Crippen molar-refractivity contribution < 1.29 is 9.47 Å². The van der Waals surface area contributed by atoms with Gasteiger partial charge in [-0.05, 0) is 19.9 Å². The molecular formula is C12H23N3O2. The summed E-state index contributed by atoms with van der Waals surface area (Å²) in [6, 6.07) is 1.93. The molecule has 98 valence electrons. The summed E-state index contributed by atoms with van der Waals surface area (Å²) in [5.41, 5.74) is 0. The summed E-state index contributed by atoms with van der Waals surface area (Å²) < 4.78 is 12.8. The highest BCUT2D eigenvalue weighted by molar-refractivity contribution is 4.77. The van der Waals surface area contributed by atoms with Crippen LogP contribution in [-0.4, -0.2) is 42.4 Å². The molecule has 5 nitrogen and oxygen atoms in total. The SMILES string of the molecule is CCOC(CCNCCn1cccn1)OCC. The first-order valence-electron chi connectivity index (χ1n) is 6.28. The first-order chi connectivity index (χ1) is 8.36. The van der Waals surface area contributed by atoms with Gasteiger partial charge in [0.15, 0.2) is 6.29 Å². The standard InChI is InChI=1S/C12H23N3O2/c1-3-16-12(17-4-2)6-8-13-9-11-15-10-5-7-14-15/h5,7,10,12-13H,3-4,6,8-9,11H2,1-2H3. The molecule has 0 aliphatic rings. The predicted octanol–water partition coefficient (Wildman–Crippen LogP) is 1.26. The van der Waals surface area contributed by atoms with E-state index in [4.69, 9.17) is 9.47 Å². The zero-order valence-electron chi connectivity index (χ0n) is 10.8. The summed E-state index contributed by atoms with van der Waals surface area (Å²) >= 11 is 0. The molecule has 0 spiro atoms. The van der Waals surface area contributed by atoms with Crippen LogP contribution < -0.4 is 5.32 Å². The van der Waals surface area contributed by atoms with Gasteiger partial charge in [-0.25, -0.2) is 0 Å². The molecule has 0 unspecified atom stereocenters. The summed E-state index contributed by atoms with van der Waals surface area (Å²) in [4.78, 5) is 0. The zero-order valence-corrected chi connectivity index (χ0v) is 10.8. The maximum atomic E-state index is 5.46. The van der Waals surface area contributed by atoms with Crippen LogP contribution in [-0.2, 0) is 16.0 Å². The van der Waals surface area contributed by atoms with Crippen molar-refractivity contribution in [2.45, 2.75) is 33.1 Å². The number of hydrogen-bond acceptors (Lipinski definition) is 4. The quantitative estimate of drug-likeness (QED) is 0.495. The van der Waals surface area contributed by atoms with Gasteiger partial charge in [-0.2, -0.15) is 5.10 Å². The lowest BCUT2D eigenvalue weighted by Crippen LogP contribution is -2.27. The molecule has 5 heteroatoms. The molecule has 1 aromatic heterocycles. The number of hydrogen-bond donors (Lipinski definition) is 1. The molecule has 0 bridgehead atoms. The summed E-state index contributed by atoms with van der Waals surface area (Å²) in [5, 5.41) is 7.49. The van der Waals surface area contributed by atoms with Crippen molar-refractivity contribution in [2.75, 3.05) is 26.3 Å². The van der Waals surface area contributed by atoms with Gasteiger partial charge in [-0.3, -0.25) is 4.68 Å². The largest absolute Gasteiger partial charge is 0.353 e. The number of rotatable bonds is 10. The molecule has 17 heavy (non-hydrogen) atoms. The van der Waals surface area contributed by atoms with Crippen molar-refractivity contribution in [2.24, 2.45) is 0 Å². The fourth-order valence-corrected chi connectivity index (χ4v) is 1.56. The van der Waals surface area contributed by atoms with Gasteiger partial charge in [0, 0.05) is 45.1 Å². The highest BCUT2D eigenvalue weighted by atomic mass is 16.7. The Morgan fingerprint density at radius 3 is 2.59 bits per heavy atom. The normalized spacial score (nSPS) is 11.2. The third kappa shape index (κ3) is 6.41. The van der Waals surface area contributed by atoms with E-state index in [0.29, 0.717) is 13.2 Å². The molecular weight excluding hydrogens is 218 g/mol. The van der Waals surface area contributed by atoms with Gasteiger partial charge in [0.2, 0.25) is 0 Å². The van der Waals surface area contributed by atoms with Crippen LogP contribution in [0.15, 0.2) is 18.5 Å². The number of nitrogens with one attached hydrogen (secondary N) is 1. The van der Waals surface area contributed by atoms with E-state index in [1.54, 1.807) is 6.20 Å². The number of nitrogens with zero attached hydrogens (tertiary/aromatic N) is 2. The summed E-state index contributed by atoms with van der Waals surface area (Å²) in [5.74, 6) is 0. The van der Waals surface area contributed by atoms with Gasteiger partial charge in [-0.15, -0.1) is 0 Å². The molecule has 1 N–H and O–H groups in total. The smallest absolute Gasteiger partial charge is 0.158 e. The minimum Gasteiger partial charge on any atom is -0.353 e. The lowest BCUT2D eigenvalue weighted by atomic mass is 10.4. The minimum atomic E-state index is -0.0813. The molecule has 0 fully saturated rings. The van der Waals surface area contributed by atoms with Gasteiger partial charge in [0.05, 0.1) is 6.54 Å². The Kier molecular flexibility index (Phi) is 7.62. The van der Waals surface area contributed by atoms with Crippen molar-refractivity contribution in [3.8, 4) is 0 Å². The maximum absolute atomic E-state index is 5.46.